The number of halogens is 2. The Hall–Kier alpha value is -2.31. The van der Waals surface area contributed by atoms with Crippen molar-refractivity contribution in [1.82, 2.24) is 9.80 Å². The SMILES string of the molecule is CC(C)(Cc1ccc(F)cc1)CC1CCN(CC2CN([C@H](CC3CCC3)C(=O)O)CC2c2cccc(F)c2)CC1. The van der Waals surface area contributed by atoms with Gasteiger partial charge in [-0.3, -0.25) is 9.69 Å². The number of hydrogen-bond acceptors (Lipinski definition) is 3. The molecule has 3 atom stereocenters. The maximum absolute atomic E-state index is 14.2. The van der Waals surface area contributed by atoms with Crippen LogP contribution in [0, 0.1) is 34.8 Å². The Kier molecular flexibility index (Phi) is 9.26. The van der Waals surface area contributed by atoms with Gasteiger partial charge >= 0.3 is 5.97 Å². The molecule has 5 rings (SSSR count). The van der Waals surface area contributed by atoms with Gasteiger partial charge in [0.15, 0.2) is 0 Å². The lowest BCUT2D eigenvalue weighted by Gasteiger charge is -2.38. The van der Waals surface area contributed by atoms with Gasteiger partial charge in [0.2, 0.25) is 0 Å². The van der Waals surface area contributed by atoms with Gasteiger partial charge in [-0.05, 0) is 104 Å². The van der Waals surface area contributed by atoms with E-state index in [2.05, 4.69) is 23.6 Å². The van der Waals surface area contributed by atoms with Crippen LogP contribution >= 0.6 is 0 Å². The fourth-order valence-corrected chi connectivity index (χ4v) is 7.62. The van der Waals surface area contributed by atoms with Crippen molar-refractivity contribution in [2.45, 2.75) is 77.2 Å². The molecule has 0 bridgehead atoms. The fraction of sp³-hybridized carbons (Fsp3) is 0.618. The summed E-state index contributed by atoms with van der Waals surface area (Å²) in [6.07, 6.45) is 8.66. The Morgan fingerprint density at radius 1 is 0.975 bits per heavy atom. The zero-order valence-electron chi connectivity index (χ0n) is 24.2. The molecule has 3 aliphatic rings. The highest BCUT2D eigenvalue weighted by Crippen LogP contribution is 2.39. The van der Waals surface area contributed by atoms with E-state index >= 15 is 0 Å². The first-order chi connectivity index (χ1) is 19.1. The smallest absolute Gasteiger partial charge is 0.320 e. The Morgan fingerprint density at radius 3 is 2.33 bits per heavy atom. The zero-order chi connectivity index (χ0) is 28.3. The number of nitrogens with zero attached hydrogens (tertiary/aromatic N) is 2. The van der Waals surface area contributed by atoms with Gasteiger partial charge in [0.25, 0.3) is 0 Å². The number of carboxylic acid groups (broad SMARTS) is 1. The van der Waals surface area contributed by atoms with Crippen molar-refractivity contribution < 1.29 is 18.7 Å². The number of aliphatic carboxylic acids is 1. The predicted molar refractivity (Wildman–Crippen MR) is 155 cm³/mol. The third kappa shape index (κ3) is 7.50. The molecule has 2 saturated heterocycles. The Balaban J connectivity index is 1.19. The van der Waals surface area contributed by atoms with Crippen molar-refractivity contribution in [3.05, 3.63) is 71.3 Å². The average Bonchev–Trinajstić information content (AvgIpc) is 3.28. The molecule has 2 heterocycles. The van der Waals surface area contributed by atoms with E-state index < -0.39 is 12.0 Å². The molecular weight excluding hydrogens is 506 g/mol. The van der Waals surface area contributed by atoms with E-state index in [0.717, 1.165) is 76.7 Å². The second-order valence-electron chi connectivity index (χ2n) is 13.7. The summed E-state index contributed by atoms with van der Waals surface area (Å²) >= 11 is 0. The van der Waals surface area contributed by atoms with Crippen LogP contribution in [0.4, 0.5) is 8.78 Å². The highest BCUT2D eigenvalue weighted by atomic mass is 19.1. The van der Waals surface area contributed by atoms with Crippen LogP contribution in [0.3, 0.4) is 0 Å². The van der Waals surface area contributed by atoms with Gasteiger partial charge in [-0.1, -0.05) is 57.4 Å². The minimum atomic E-state index is -0.713. The second kappa shape index (κ2) is 12.7. The van der Waals surface area contributed by atoms with E-state index in [0.29, 0.717) is 18.4 Å². The van der Waals surface area contributed by atoms with Crippen LogP contribution in [-0.2, 0) is 11.2 Å². The maximum Gasteiger partial charge on any atom is 0.320 e. The third-order valence-electron chi connectivity index (χ3n) is 9.89. The van der Waals surface area contributed by atoms with Gasteiger partial charge in [0.1, 0.15) is 17.7 Å². The van der Waals surface area contributed by atoms with Crippen LogP contribution < -0.4 is 0 Å². The van der Waals surface area contributed by atoms with Crippen LogP contribution in [0.2, 0.25) is 0 Å². The molecular formula is C34H46F2N2O2. The number of likely N-dealkylation sites (tertiary alicyclic amines) is 2. The molecule has 0 amide bonds. The van der Waals surface area contributed by atoms with Gasteiger partial charge in [0.05, 0.1) is 0 Å². The number of piperidine rings is 1. The summed E-state index contributed by atoms with van der Waals surface area (Å²) in [5.74, 6) is 0.514. The second-order valence-corrected chi connectivity index (χ2v) is 13.7. The lowest BCUT2D eigenvalue weighted by molar-refractivity contribution is -0.144. The largest absolute Gasteiger partial charge is 0.480 e. The summed E-state index contributed by atoms with van der Waals surface area (Å²) in [6.45, 7) is 9.12. The van der Waals surface area contributed by atoms with E-state index in [9.17, 15) is 18.7 Å². The van der Waals surface area contributed by atoms with E-state index in [-0.39, 0.29) is 28.9 Å². The first-order valence-electron chi connectivity index (χ1n) is 15.3. The summed E-state index contributed by atoms with van der Waals surface area (Å²) in [5.41, 5.74) is 2.35. The molecule has 40 heavy (non-hydrogen) atoms. The quantitative estimate of drug-likeness (QED) is 0.326. The molecule has 3 fully saturated rings. The average molecular weight is 553 g/mol. The molecule has 1 aliphatic carbocycles. The van der Waals surface area contributed by atoms with Crippen molar-refractivity contribution in [1.29, 1.82) is 0 Å². The van der Waals surface area contributed by atoms with E-state index in [1.807, 2.05) is 18.2 Å². The van der Waals surface area contributed by atoms with Crippen molar-refractivity contribution in [3.8, 4) is 0 Å². The van der Waals surface area contributed by atoms with Crippen molar-refractivity contribution in [2.24, 2.45) is 23.2 Å². The Bertz CT molecular complexity index is 1130. The molecule has 2 aromatic carbocycles. The fourth-order valence-electron chi connectivity index (χ4n) is 7.62. The predicted octanol–water partition coefficient (Wildman–Crippen LogP) is 6.99. The molecule has 0 radical (unpaired) electrons. The molecule has 0 spiro atoms. The molecule has 6 heteroatoms. The standard InChI is InChI=1S/C34H46F2N2O2/c1-34(2,19-25-9-11-29(35)12-10-25)20-26-13-15-37(16-14-26)21-28-22-38(32(33(39)40)17-24-5-3-6-24)23-31(28)27-7-4-8-30(36)18-27/h4,7-12,18,24,26,28,31-32H,3,5-6,13-17,19-23H2,1-2H3,(H,39,40)/t28?,31?,32-/m1/s1. The maximum atomic E-state index is 14.2. The third-order valence-corrected chi connectivity index (χ3v) is 9.89. The van der Waals surface area contributed by atoms with Crippen molar-refractivity contribution in [3.63, 3.8) is 0 Å². The van der Waals surface area contributed by atoms with Crippen LogP contribution in [0.15, 0.2) is 48.5 Å². The van der Waals surface area contributed by atoms with E-state index in [1.54, 1.807) is 24.3 Å². The van der Waals surface area contributed by atoms with Gasteiger partial charge in [-0.25, -0.2) is 8.78 Å². The number of benzene rings is 2. The van der Waals surface area contributed by atoms with Gasteiger partial charge in [0, 0.05) is 25.6 Å². The first kappa shape index (κ1) is 29.2. The lowest BCUT2D eigenvalue weighted by atomic mass is 9.75. The summed E-state index contributed by atoms with van der Waals surface area (Å²) in [4.78, 5) is 17.1. The summed E-state index contributed by atoms with van der Waals surface area (Å²) < 4.78 is 27.5. The van der Waals surface area contributed by atoms with Crippen LogP contribution in [0.1, 0.15) is 75.8 Å². The topological polar surface area (TPSA) is 43.8 Å². The Morgan fingerprint density at radius 2 is 1.70 bits per heavy atom. The molecule has 0 aromatic heterocycles. The normalized spacial score (nSPS) is 24.2. The minimum Gasteiger partial charge on any atom is -0.480 e. The minimum absolute atomic E-state index is 0.145. The molecule has 4 nitrogen and oxygen atoms in total. The molecule has 1 N–H and O–H groups in total. The van der Waals surface area contributed by atoms with Crippen LogP contribution in [0.25, 0.3) is 0 Å². The van der Waals surface area contributed by atoms with Crippen molar-refractivity contribution in [2.75, 3.05) is 32.7 Å². The van der Waals surface area contributed by atoms with Crippen LogP contribution in [-0.4, -0.2) is 59.6 Å². The van der Waals surface area contributed by atoms with Gasteiger partial charge in [-0.2, -0.15) is 0 Å². The molecule has 2 aromatic rings. The first-order valence-corrected chi connectivity index (χ1v) is 15.3. The van der Waals surface area contributed by atoms with Crippen molar-refractivity contribution >= 4 is 5.97 Å². The molecule has 2 unspecified atom stereocenters. The highest BCUT2D eigenvalue weighted by molar-refractivity contribution is 5.73. The van der Waals surface area contributed by atoms with E-state index in [4.69, 9.17) is 0 Å². The number of hydrogen-bond donors (Lipinski definition) is 1. The molecule has 218 valence electrons. The monoisotopic (exact) mass is 552 g/mol. The number of rotatable bonds is 11. The summed E-state index contributed by atoms with van der Waals surface area (Å²) in [7, 11) is 0. The molecule has 1 saturated carbocycles. The number of carboxylic acids is 1. The Labute approximate surface area is 238 Å². The molecule has 2 aliphatic heterocycles. The summed E-state index contributed by atoms with van der Waals surface area (Å²) in [6, 6.07) is 13.4. The van der Waals surface area contributed by atoms with Crippen LogP contribution in [0.5, 0.6) is 0 Å². The lowest BCUT2D eigenvalue weighted by Crippen LogP contribution is -2.43. The summed E-state index contributed by atoms with van der Waals surface area (Å²) in [5, 5.41) is 10.1. The number of carbonyl (C=O) groups is 1. The van der Waals surface area contributed by atoms with Gasteiger partial charge < -0.3 is 10.0 Å². The highest BCUT2D eigenvalue weighted by Gasteiger charge is 2.41. The zero-order valence-corrected chi connectivity index (χ0v) is 24.2. The van der Waals surface area contributed by atoms with E-state index in [1.165, 1.54) is 18.1 Å². The van der Waals surface area contributed by atoms with Gasteiger partial charge in [-0.15, -0.1) is 0 Å².